The second-order valence-corrected chi connectivity index (χ2v) is 9.32. The normalized spacial score (nSPS) is 18.9. The van der Waals surface area contributed by atoms with Crippen LogP contribution < -0.4 is 9.80 Å². The molecule has 8 heteroatoms. The molecule has 2 aromatic heterocycles. The summed E-state index contributed by atoms with van der Waals surface area (Å²) < 4.78 is 15.0. The molecule has 5 rings (SSSR count). The minimum absolute atomic E-state index is 0.213. The summed E-state index contributed by atoms with van der Waals surface area (Å²) >= 11 is 0. The number of nitrogens with zero attached hydrogens (tertiary/aromatic N) is 5. The summed E-state index contributed by atoms with van der Waals surface area (Å²) in [5.41, 5.74) is 3.11. The predicted octanol–water partition coefficient (Wildman–Crippen LogP) is 3.64. The van der Waals surface area contributed by atoms with E-state index in [9.17, 15) is 9.18 Å². The first-order chi connectivity index (χ1) is 15.9. The second-order valence-electron chi connectivity index (χ2n) is 9.32. The van der Waals surface area contributed by atoms with E-state index in [1.807, 2.05) is 12.1 Å². The Hall–Kier alpha value is -3.26. The van der Waals surface area contributed by atoms with Crippen LogP contribution in [0.25, 0.3) is 0 Å². The highest BCUT2D eigenvalue weighted by Gasteiger charge is 2.43. The van der Waals surface area contributed by atoms with Crippen molar-refractivity contribution in [3.63, 3.8) is 0 Å². The number of anilines is 2. The molecule has 4 heterocycles. The number of hydrogen-bond acceptors (Lipinski definition) is 5. The average Bonchev–Trinajstić information content (AvgIpc) is 3.33. The maximum Gasteiger partial charge on any atom is 0.277 e. The van der Waals surface area contributed by atoms with E-state index in [4.69, 9.17) is 0 Å². The van der Waals surface area contributed by atoms with Crippen LogP contribution in [0.3, 0.4) is 0 Å². The number of carbonyl (C=O) groups is 1. The highest BCUT2D eigenvalue weighted by molar-refractivity contribution is 6.10. The van der Waals surface area contributed by atoms with Gasteiger partial charge in [-0.1, -0.05) is 32.0 Å². The van der Waals surface area contributed by atoms with Gasteiger partial charge in [-0.25, -0.2) is 9.37 Å². The predicted molar refractivity (Wildman–Crippen MR) is 126 cm³/mol. The van der Waals surface area contributed by atoms with Crippen molar-refractivity contribution in [3.8, 4) is 0 Å². The minimum atomic E-state index is -0.586. The summed E-state index contributed by atoms with van der Waals surface area (Å²) in [7, 11) is 2.12. The van der Waals surface area contributed by atoms with Crippen molar-refractivity contribution in [1.82, 2.24) is 20.1 Å². The number of fused-ring (bicyclic) bond motifs is 1. The molecule has 7 nitrogen and oxygen atoms in total. The highest BCUT2D eigenvalue weighted by Crippen LogP contribution is 2.43. The number of amides is 1. The summed E-state index contributed by atoms with van der Waals surface area (Å²) in [5, 5.41) is 7.35. The van der Waals surface area contributed by atoms with Crippen LogP contribution >= 0.6 is 0 Å². The molecule has 1 aromatic carbocycles. The van der Waals surface area contributed by atoms with Crippen LogP contribution in [0.2, 0.25) is 0 Å². The zero-order valence-corrected chi connectivity index (χ0v) is 19.3. The third kappa shape index (κ3) is 3.88. The van der Waals surface area contributed by atoms with Gasteiger partial charge in [0, 0.05) is 37.3 Å². The Labute approximate surface area is 193 Å². The quantitative estimate of drug-likeness (QED) is 0.645. The standard InChI is InChI=1S/C25H29FN6O/c1-16(2)14-20-22-23(29-28-20)25(33)32(24(22)18-6-4-5-7-19(18)26)17-8-9-21(27-15-17)31-12-10-30(3)11-13-31/h4-9,15-16,24H,10-14H2,1-3H3,(H,28,29). The van der Waals surface area contributed by atoms with Crippen molar-refractivity contribution in [3.05, 3.63) is 70.9 Å². The number of nitrogens with one attached hydrogen (secondary N) is 1. The first kappa shape index (κ1) is 21.6. The van der Waals surface area contributed by atoms with E-state index in [0.717, 1.165) is 43.3 Å². The molecule has 0 aliphatic carbocycles. The maximum absolute atomic E-state index is 15.0. The largest absolute Gasteiger partial charge is 0.354 e. The summed E-state index contributed by atoms with van der Waals surface area (Å²) in [5.74, 6) is 0.691. The lowest BCUT2D eigenvalue weighted by atomic mass is 9.95. The molecule has 1 atom stereocenters. The van der Waals surface area contributed by atoms with E-state index in [0.29, 0.717) is 29.3 Å². The number of H-pyrrole nitrogens is 1. The number of halogens is 1. The third-order valence-electron chi connectivity index (χ3n) is 6.49. The third-order valence-corrected chi connectivity index (χ3v) is 6.49. The van der Waals surface area contributed by atoms with Crippen molar-refractivity contribution in [2.24, 2.45) is 5.92 Å². The van der Waals surface area contributed by atoms with E-state index < -0.39 is 6.04 Å². The van der Waals surface area contributed by atoms with Gasteiger partial charge < -0.3 is 9.80 Å². The van der Waals surface area contributed by atoms with Crippen LogP contribution in [0.4, 0.5) is 15.9 Å². The van der Waals surface area contributed by atoms with Gasteiger partial charge >= 0.3 is 0 Å². The van der Waals surface area contributed by atoms with Crippen LogP contribution in [0.1, 0.15) is 47.2 Å². The van der Waals surface area contributed by atoms with E-state index in [1.165, 1.54) is 6.07 Å². The molecule has 1 N–H and O–H groups in total. The van der Waals surface area contributed by atoms with E-state index >= 15 is 0 Å². The molecule has 1 amide bonds. The van der Waals surface area contributed by atoms with Gasteiger partial charge in [-0.2, -0.15) is 5.10 Å². The number of hydrogen-bond donors (Lipinski definition) is 1. The van der Waals surface area contributed by atoms with Crippen LogP contribution in [-0.4, -0.2) is 59.2 Å². The van der Waals surface area contributed by atoms with Crippen molar-refractivity contribution in [1.29, 1.82) is 0 Å². The first-order valence-electron chi connectivity index (χ1n) is 11.5. The molecule has 2 aliphatic heterocycles. The van der Waals surface area contributed by atoms with Gasteiger partial charge in [-0.05, 0) is 37.6 Å². The summed E-state index contributed by atoms with van der Waals surface area (Å²) in [4.78, 5) is 24.4. The number of aromatic amines is 1. The second kappa shape index (κ2) is 8.59. The zero-order chi connectivity index (χ0) is 23.1. The highest BCUT2D eigenvalue weighted by atomic mass is 19.1. The zero-order valence-electron chi connectivity index (χ0n) is 19.3. The van der Waals surface area contributed by atoms with Crippen molar-refractivity contribution >= 4 is 17.4 Å². The Morgan fingerprint density at radius 3 is 2.55 bits per heavy atom. The number of rotatable bonds is 5. The fourth-order valence-corrected chi connectivity index (χ4v) is 4.76. The number of pyridine rings is 1. The van der Waals surface area contributed by atoms with Gasteiger partial charge in [0.1, 0.15) is 17.3 Å². The first-order valence-corrected chi connectivity index (χ1v) is 11.5. The topological polar surface area (TPSA) is 68.4 Å². The smallest absolute Gasteiger partial charge is 0.277 e. The minimum Gasteiger partial charge on any atom is -0.354 e. The van der Waals surface area contributed by atoms with Crippen molar-refractivity contribution in [2.45, 2.75) is 26.3 Å². The molecule has 172 valence electrons. The van der Waals surface area contributed by atoms with Crippen molar-refractivity contribution in [2.75, 3.05) is 43.0 Å². The van der Waals surface area contributed by atoms with Gasteiger partial charge in [0.25, 0.3) is 5.91 Å². The molecule has 3 aromatic rings. The van der Waals surface area contributed by atoms with Crippen LogP contribution in [0.15, 0.2) is 42.6 Å². The Morgan fingerprint density at radius 1 is 1.12 bits per heavy atom. The van der Waals surface area contributed by atoms with Gasteiger partial charge in [-0.3, -0.25) is 14.8 Å². The Morgan fingerprint density at radius 2 is 1.88 bits per heavy atom. The molecular weight excluding hydrogens is 419 g/mol. The van der Waals surface area contributed by atoms with Gasteiger partial charge in [0.05, 0.1) is 23.6 Å². The fourth-order valence-electron chi connectivity index (χ4n) is 4.76. The molecule has 0 radical (unpaired) electrons. The summed E-state index contributed by atoms with van der Waals surface area (Å²) in [6.07, 6.45) is 2.43. The molecule has 1 saturated heterocycles. The molecule has 0 spiro atoms. The lowest BCUT2D eigenvalue weighted by Crippen LogP contribution is -2.44. The molecule has 0 saturated carbocycles. The summed E-state index contributed by atoms with van der Waals surface area (Å²) in [6.45, 7) is 8.02. The molecule has 1 unspecified atom stereocenters. The van der Waals surface area contributed by atoms with Gasteiger partial charge in [0.2, 0.25) is 0 Å². The van der Waals surface area contributed by atoms with Crippen LogP contribution in [0, 0.1) is 11.7 Å². The van der Waals surface area contributed by atoms with E-state index in [1.54, 1.807) is 29.3 Å². The number of likely N-dealkylation sites (N-methyl/N-ethyl adjacent to an activating group) is 1. The SMILES string of the molecule is CC(C)Cc1n[nH]c2c1C(c1ccccc1F)N(c1ccc(N3CCN(C)CC3)nc1)C2=O. The molecular formula is C25H29FN6O. The van der Waals surface area contributed by atoms with E-state index in [-0.39, 0.29) is 11.7 Å². The average molecular weight is 449 g/mol. The monoisotopic (exact) mass is 448 g/mol. The lowest BCUT2D eigenvalue weighted by Gasteiger charge is -2.33. The Bertz CT molecular complexity index is 1150. The number of benzene rings is 1. The van der Waals surface area contributed by atoms with Gasteiger partial charge in [0.15, 0.2) is 0 Å². The lowest BCUT2D eigenvalue weighted by molar-refractivity contribution is 0.0988. The fraction of sp³-hybridized carbons (Fsp3) is 0.400. The maximum atomic E-state index is 15.0. The van der Waals surface area contributed by atoms with Crippen LogP contribution in [-0.2, 0) is 6.42 Å². The Balaban J connectivity index is 1.54. The number of aromatic nitrogens is 3. The molecule has 1 fully saturated rings. The summed E-state index contributed by atoms with van der Waals surface area (Å²) in [6, 6.07) is 9.92. The number of carbonyl (C=O) groups excluding carboxylic acids is 1. The van der Waals surface area contributed by atoms with Crippen LogP contribution in [0.5, 0.6) is 0 Å². The van der Waals surface area contributed by atoms with Gasteiger partial charge in [-0.15, -0.1) is 0 Å². The Kier molecular flexibility index (Phi) is 5.62. The van der Waals surface area contributed by atoms with Crippen molar-refractivity contribution < 1.29 is 9.18 Å². The molecule has 2 aliphatic rings. The van der Waals surface area contributed by atoms with E-state index in [2.05, 4.69) is 45.9 Å². The number of piperazine rings is 1. The molecule has 0 bridgehead atoms. The molecule has 33 heavy (non-hydrogen) atoms.